The molecule has 1 aromatic carbocycles. The number of carbonyl (C=O) groups excluding carboxylic acids is 1. The second-order valence-corrected chi connectivity index (χ2v) is 7.02. The van der Waals surface area contributed by atoms with Crippen LogP contribution in [0.1, 0.15) is 45.1 Å². The molecule has 1 N–H and O–H groups in total. The lowest BCUT2D eigenvalue weighted by atomic mass is 9.86. The number of hydrogen-bond donors (Lipinski definition) is 1. The van der Waals surface area contributed by atoms with Crippen molar-refractivity contribution in [3.63, 3.8) is 0 Å². The van der Waals surface area contributed by atoms with E-state index in [0.717, 1.165) is 48.3 Å². The predicted molar refractivity (Wildman–Crippen MR) is 95.2 cm³/mol. The number of rotatable bonds is 4. The Bertz CT molecular complexity index is 663. The van der Waals surface area contributed by atoms with Gasteiger partial charge in [0.1, 0.15) is 17.1 Å². The number of hydrogen-bond acceptors (Lipinski definition) is 4. The fourth-order valence-electron chi connectivity index (χ4n) is 3.88. The highest BCUT2D eigenvalue weighted by atomic mass is 16.5. The second-order valence-electron chi connectivity index (χ2n) is 7.02. The molecular formula is C20H27NO4. The quantitative estimate of drug-likeness (QED) is 0.911. The van der Waals surface area contributed by atoms with E-state index in [4.69, 9.17) is 9.47 Å². The molecule has 2 atom stereocenters. The van der Waals surface area contributed by atoms with Crippen molar-refractivity contribution in [2.45, 2.75) is 51.2 Å². The van der Waals surface area contributed by atoms with Gasteiger partial charge >= 0.3 is 0 Å². The Morgan fingerprint density at radius 1 is 1.32 bits per heavy atom. The number of methoxy groups -OCH3 is 1. The molecular weight excluding hydrogens is 318 g/mol. The van der Waals surface area contributed by atoms with Crippen LogP contribution < -0.4 is 4.74 Å². The van der Waals surface area contributed by atoms with Crippen LogP contribution in [0.3, 0.4) is 0 Å². The fraction of sp³-hybridized carbons (Fsp3) is 0.550. The van der Waals surface area contributed by atoms with E-state index in [-0.39, 0.29) is 11.9 Å². The summed E-state index contributed by atoms with van der Waals surface area (Å²) in [7, 11) is 1.62. The average Bonchev–Trinajstić information content (AvgIpc) is 3.12. The highest BCUT2D eigenvalue weighted by Gasteiger charge is 2.43. The number of benzene rings is 1. The van der Waals surface area contributed by atoms with Crippen LogP contribution in [-0.4, -0.2) is 42.2 Å². The molecule has 0 bridgehead atoms. The van der Waals surface area contributed by atoms with E-state index in [1.54, 1.807) is 14.0 Å². The Labute approximate surface area is 149 Å². The van der Waals surface area contributed by atoms with Crippen LogP contribution in [0.15, 0.2) is 35.6 Å². The summed E-state index contributed by atoms with van der Waals surface area (Å²) in [6.45, 7) is 5.00. The van der Waals surface area contributed by atoms with Gasteiger partial charge in [-0.25, -0.2) is 0 Å². The van der Waals surface area contributed by atoms with Crippen molar-refractivity contribution in [2.75, 3.05) is 20.3 Å². The zero-order valence-electron chi connectivity index (χ0n) is 15.2. The van der Waals surface area contributed by atoms with Crippen LogP contribution in [0.2, 0.25) is 0 Å². The highest BCUT2D eigenvalue weighted by Crippen LogP contribution is 2.37. The van der Waals surface area contributed by atoms with Gasteiger partial charge in [0.2, 0.25) is 0 Å². The van der Waals surface area contributed by atoms with E-state index in [1.807, 2.05) is 36.1 Å². The number of ether oxygens (including phenoxy) is 2. The first-order chi connectivity index (χ1) is 11.9. The summed E-state index contributed by atoms with van der Waals surface area (Å²) in [6, 6.07) is 7.18. The van der Waals surface area contributed by atoms with Crippen molar-refractivity contribution in [2.24, 2.45) is 0 Å². The van der Waals surface area contributed by atoms with Crippen LogP contribution in [0, 0.1) is 0 Å². The average molecular weight is 345 g/mol. The first-order valence-electron chi connectivity index (χ1n) is 8.95. The topological polar surface area (TPSA) is 59.0 Å². The van der Waals surface area contributed by atoms with E-state index < -0.39 is 5.60 Å². The van der Waals surface area contributed by atoms with Gasteiger partial charge in [0.15, 0.2) is 0 Å². The summed E-state index contributed by atoms with van der Waals surface area (Å²) in [5.74, 6) is 1.48. The molecule has 1 saturated heterocycles. The molecule has 0 radical (unpaired) electrons. The third kappa shape index (κ3) is 3.38. The Morgan fingerprint density at radius 3 is 2.68 bits per heavy atom. The summed E-state index contributed by atoms with van der Waals surface area (Å²) >= 11 is 0. The van der Waals surface area contributed by atoms with Gasteiger partial charge in [-0.15, -0.1) is 0 Å². The molecule has 0 aliphatic carbocycles. The Kier molecular flexibility index (Phi) is 5.04. The van der Waals surface area contributed by atoms with Gasteiger partial charge in [-0.1, -0.05) is 12.1 Å². The maximum atomic E-state index is 13.1. The number of carbonyl (C=O) groups is 1. The Morgan fingerprint density at radius 2 is 2.04 bits per heavy atom. The summed E-state index contributed by atoms with van der Waals surface area (Å²) in [4.78, 5) is 14.9. The molecule has 2 aliphatic heterocycles. The van der Waals surface area contributed by atoms with Crippen molar-refractivity contribution < 1.29 is 19.4 Å². The molecule has 0 unspecified atom stereocenters. The summed E-state index contributed by atoms with van der Waals surface area (Å²) in [6.07, 6.45) is 3.30. The molecule has 1 amide bonds. The van der Waals surface area contributed by atoms with Gasteiger partial charge in [-0.3, -0.25) is 4.79 Å². The van der Waals surface area contributed by atoms with Crippen molar-refractivity contribution in [1.29, 1.82) is 0 Å². The first kappa shape index (κ1) is 17.8. The molecule has 0 aromatic heterocycles. The molecule has 136 valence electrons. The standard InChI is InChI=1S/C20H27NO4/c1-14-17(6-5-13-25-14)19(22)21-12-4-7-18(21)20(2,23)15-8-10-16(24-3)11-9-15/h8-11,18,23H,4-7,12-13H2,1-3H3/t18-,20+/m0/s1. The largest absolute Gasteiger partial charge is 0.498 e. The lowest BCUT2D eigenvalue weighted by molar-refractivity contribution is -0.134. The highest BCUT2D eigenvalue weighted by molar-refractivity contribution is 5.94. The van der Waals surface area contributed by atoms with Gasteiger partial charge in [0.25, 0.3) is 5.91 Å². The molecule has 3 rings (SSSR count). The molecule has 0 saturated carbocycles. The smallest absolute Gasteiger partial charge is 0.253 e. The molecule has 0 spiro atoms. The number of aliphatic hydroxyl groups is 1. The molecule has 2 heterocycles. The van der Waals surface area contributed by atoms with Gasteiger partial charge < -0.3 is 19.5 Å². The Hall–Kier alpha value is -2.01. The van der Waals surface area contributed by atoms with Crippen molar-refractivity contribution in [3.05, 3.63) is 41.2 Å². The number of allylic oxidation sites excluding steroid dienone is 1. The van der Waals surface area contributed by atoms with Crippen LogP contribution in [-0.2, 0) is 15.1 Å². The summed E-state index contributed by atoms with van der Waals surface area (Å²) < 4.78 is 10.7. The Balaban J connectivity index is 1.85. The van der Waals surface area contributed by atoms with E-state index in [9.17, 15) is 9.90 Å². The van der Waals surface area contributed by atoms with Crippen molar-refractivity contribution in [1.82, 2.24) is 4.90 Å². The number of nitrogens with zero attached hydrogens (tertiary/aromatic N) is 1. The van der Waals surface area contributed by atoms with Crippen LogP contribution in [0.5, 0.6) is 5.75 Å². The molecule has 1 aromatic rings. The lowest BCUT2D eigenvalue weighted by Gasteiger charge is -2.38. The lowest BCUT2D eigenvalue weighted by Crippen LogP contribution is -2.48. The molecule has 1 fully saturated rings. The van der Waals surface area contributed by atoms with Crippen LogP contribution >= 0.6 is 0 Å². The van der Waals surface area contributed by atoms with Crippen molar-refractivity contribution >= 4 is 5.91 Å². The maximum Gasteiger partial charge on any atom is 0.253 e. The number of likely N-dealkylation sites (tertiary alicyclic amines) is 1. The minimum absolute atomic E-state index is 0.00786. The zero-order chi connectivity index (χ0) is 18.0. The van der Waals surface area contributed by atoms with E-state index in [1.165, 1.54) is 0 Å². The third-order valence-corrected chi connectivity index (χ3v) is 5.41. The fourth-order valence-corrected chi connectivity index (χ4v) is 3.88. The normalized spacial score (nSPS) is 23.2. The van der Waals surface area contributed by atoms with Gasteiger partial charge in [-0.05, 0) is 57.2 Å². The van der Waals surface area contributed by atoms with E-state index in [0.29, 0.717) is 13.2 Å². The number of amides is 1. The molecule has 25 heavy (non-hydrogen) atoms. The van der Waals surface area contributed by atoms with Crippen LogP contribution in [0.25, 0.3) is 0 Å². The van der Waals surface area contributed by atoms with E-state index >= 15 is 0 Å². The van der Waals surface area contributed by atoms with E-state index in [2.05, 4.69) is 0 Å². The van der Waals surface area contributed by atoms with Gasteiger partial charge in [0, 0.05) is 6.54 Å². The zero-order valence-corrected chi connectivity index (χ0v) is 15.2. The van der Waals surface area contributed by atoms with Gasteiger partial charge in [0.05, 0.1) is 25.3 Å². The predicted octanol–water partition coefficient (Wildman–Crippen LogP) is 2.98. The third-order valence-electron chi connectivity index (χ3n) is 5.41. The SMILES string of the molecule is COc1ccc([C@@](C)(O)[C@@H]2CCCN2C(=O)C2=C(C)OCCC2)cc1. The maximum absolute atomic E-state index is 13.1. The molecule has 2 aliphatic rings. The van der Waals surface area contributed by atoms with Gasteiger partial charge in [-0.2, -0.15) is 0 Å². The summed E-state index contributed by atoms with van der Waals surface area (Å²) in [5, 5.41) is 11.3. The molecule has 5 nitrogen and oxygen atoms in total. The van der Waals surface area contributed by atoms with Crippen molar-refractivity contribution in [3.8, 4) is 5.75 Å². The monoisotopic (exact) mass is 345 g/mol. The second kappa shape index (κ2) is 7.08. The molecule has 5 heteroatoms. The minimum atomic E-state index is -1.11. The minimum Gasteiger partial charge on any atom is -0.498 e. The first-order valence-corrected chi connectivity index (χ1v) is 8.95. The summed E-state index contributed by atoms with van der Waals surface area (Å²) in [5.41, 5.74) is 0.440. The van der Waals surface area contributed by atoms with Crippen LogP contribution in [0.4, 0.5) is 0 Å².